The van der Waals surface area contributed by atoms with Crippen LogP contribution in [0.15, 0.2) is 41.8 Å². The summed E-state index contributed by atoms with van der Waals surface area (Å²) in [6.07, 6.45) is 4.49. The fourth-order valence-electron chi connectivity index (χ4n) is 2.75. The van der Waals surface area contributed by atoms with Crippen molar-refractivity contribution >= 4 is 10.0 Å². The molecule has 6 heteroatoms. The number of aromatic amines is 1. The van der Waals surface area contributed by atoms with Crippen molar-refractivity contribution in [2.24, 2.45) is 0 Å². The monoisotopic (exact) mass is 291 g/mol. The van der Waals surface area contributed by atoms with Gasteiger partial charge >= 0.3 is 0 Å². The van der Waals surface area contributed by atoms with Gasteiger partial charge in [0, 0.05) is 6.54 Å². The van der Waals surface area contributed by atoms with Crippen LogP contribution in [-0.2, 0) is 10.0 Å². The first kappa shape index (κ1) is 13.3. The Bertz CT molecular complexity index is 695. The lowest BCUT2D eigenvalue weighted by Crippen LogP contribution is -2.31. The van der Waals surface area contributed by atoms with Gasteiger partial charge in [-0.2, -0.15) is 4.31 Å². The van der Waals surface area contributed by atoms with Crippen LogP contribution < -0.4 is 0 Å². The Kier molecular flexibility index (Phi) is 3.35. The van der Waals surface area contributed by atoms with Gasteiger partial charge in [0.15, 0.2) is 5.03 Å². The number of aryl methyl sites for hydroxylation is 1. The van der Waals surface area contributed by atoms with Crippen molar-refractivity contribution in [2.45, 2.75) is 30.8 Å². The largest absolute Gasteiger partial charge is 0.335 e. The molecule has 1 aliphatic heterocycles. The smallest absolute Gasteiger partial charge is 0.260 e. The van der Waals surface area contributed by atoms with E-state index in [1.165, 1.54) is 12.5 Å². The molecule has 0 saturated carbocycles. The highest BCUT2D eigenvalue weighted by atomic mass is 32.2. The molecular weight excluding hydrogens is 274 g/mol. The van der Waals surface area contributed by atoms with Gasteiger partial charge in [-0.25, -0.2) is 13.4 Å². The van der Waals surface area contributed by atoms with Gasteiger partial charge in [0.2, 0.25) is 0 Å². The Labute approximate surface area is 118 Å². The summed E-state index contributed by atoms with van der Waals surface area (Å²) in [7, 11) is -3.49. The summed E-state index contributed by atoms with van der Waals surface area (Å²) in [5.74, 6) is 0. The summed E-state index contributed by atoms with van der Waals surface area (Å²) in [6, 6.07) is 7.98. The number of benzene rings is 1. The van der Waals surface area contributed by atoms with Gasteiger partial charge in [-0.3, -0.25) is 0 Å². The fourth-order valence-corrected chi connectivity index (χ4v) is 4.33. The zero-order valence-electron chi connectivity index (χ0n) is 11.3. The number of nitrogens with zero attached hydrogens (tertiary/aromatic N) is 2. The standard InChI is InChI=1S/C14H17N3O2S/c1-11-4-2-5-12(8-11)13-6-3-7-17(13)20(18,19)14-9-15-10-16-14/h2,4-5,8-10,13H,3,6-7H2,1H3,(H,15,16)/t13-/m0/s1. The van der Waals surface area contributed by atoms with E-state index in [0.29, 0.717) is 6.54 Å². The highest BCUT2D eigenvalue weighted by molar-refractivity contribution is 7.89. The molecule has 1 aromatic carbocycles. The van der Waals surface area contributed by atoms with Crippen LogP contribution in [0.5, 0.6) is 0 Å². The number of rotatable bonds is 3. The zero-order valence-corrected chi connectivity index (χ0v) is 12.1. The summed E-state index contributed by atoms with van der Waals surface area (Å²) in [5, 5.41) is 0.164. The number of imidazole rings is 1. The minimum atomic E-state index is -3.49. The lowest BCUT2D eigenvalue weighted by molar-refractivity contribution is 0.395. The van der Waals surface area contributed by atoms with Crippen molar-refractivity contribution in [3.63, 3.8) is 0 Å². The van der Waals surface area contributed by atoms with Gasteiger partial charge in [-0.05, 0) is 25.3 Å². The molecule has 0 bridgehead atoms. The van der Waals surface area contributed by atoms with E-state index in [4.69, 9.17) is 0 Å². The minimum Gasteiger partial charge on any atom is -0.335 e. The van der Waals surface area contributed by atoms with Gasteiger partial charge < -0.3 is 4.98 Å². The maximum atomic E-state index is 12.6. The first-order valence-corrected chi connectivity index (χ1v) is 8.10. The third-order valence-corrected chi connectivity index (χ3v) is 5.52. The van der Waals surface area contributed by atoms with E-state index in [0.717, 1.165) is 24.0 Å². The van der Waals surface area contributed by atoms with Crippen molar-refractivity contribution < 1.29 is 8.42 Å². The van der Waals surface area contributed by atoms with Crippen LogP contribution >= 0.6 is 0 Å². The Hall–Kier alpha value is -1.66. The number of hydrogen-bond acceptors (Lipinski definition) is 3. The van der Waals surface area contributed by atoms with E-state index >= 15 is 0 Å². The molecule has 0 amide bonds. The Morgan fingerprint density at radius 1 is 1.40 bits per heavy atom. The van der Waals surface area contributed by atoms with Gasteiger partial charge in [0.1, 0.15) is 0 Å². The van der Waals surface area contributed by atoms with E-state index in [2.05, 4.69) is 16.0 Å². The number of H-pyrrole nitrogens is 1. The Morgan fingerprint density at radius 3 is 2.95 bits per heavy atom. The second-order valence-corrected chi connectivity index (χ2v) is 6.96. The van der Waals surface area contributed by atoms with Crippen LogP contribution in [0.4, 0.5) is 0 Å². The molecule has 2 aromatic rings. The molecule has 1 N–H and O–H groups in total. The molecule has 1 aliphatic rings. The number of aromatic nitrogens is 2. The Balaban J connectivity index is 1.98. The summed E-state index contributed by atoms with van der Waals surface area (Å²) in [6.45, 7) is 2.58. The van der Waals surface area contributed by atoms with Gasteiger partial charge in [0.05, 0.1) is 18.6 Å². The predicted octanol–water partition coefficient (Wildman–Crippen LogP) is 2.24. The first-order valence-electron chi connectivity index (χ1n) is 6.66. The second kappa shape index (κ2) is 5.03. The molecule has 1 fully saturated rings. The van der Waals surface area contributed by atoms with Crippen LogP contribution in [0.2, 0.25) is 0 Å². The lowest BCUT2D eigenvalue weighted by atomic mass is 10.0. The minimum absolute atomic E-state index is 0.0804. The summed E-state index contributed by atoms with van der Waals surface area (Å²) in [5.41, 5.74) is 2.21. The van der Waals surface area contributed by atoms with Crippen molar-refractivity contribution in [1.29, 1.82) is 0 Å². The van der Waals surface area contributed by atoms with Crippen molar-refractivity contribution in [3.05, 3.63) is 47.9 Å². The van der Waals surface area contributed by atoms with Gasteiger partial charge in [0.25, 0.3) is 10.0 Å². The number of sulfonamides is 1. The van der Waals surface area contributed by atoms with Crippen LogP contribution in [-0.4, -0.2) is 29.2 Å². The SMILES string of the molecule is Cc1cccc([C@@H]2CCCN2S(=O)(=O)c2cnc[nH]2)c1. The topological polar surface area (TPSA) is 66.1 Å². The lowest BCUT2D eigenvalue weighted by Gasteiger charge is -2.23. The second-order valence-electron chi connectivity index (χ2n) is 5.10. The maximum absolute atomic E-state index is 12.6. The molecular formula is C14H17N3O2S. The number of nitrogens with one attached hydrogen (secondary N) is 1. The third-order valence-electron chi connectivity index (χ3n) is 3.69. The molecule has 0 spiro atoms. The molecule has 5 nitrogen and oxygen atoms in total. The van der Waals surface area contributed by atoms with Crippen molar-refractivity contribution in [3.8, 4) is 0 Å². The molecule has 3 rings (SSSR count). The van der Waals surface area contributed by atoms with Crippen molar-refractivity contribution in [2.75, 3.05) is 6.54 Å². The predicted molar refractivity (Wildman–Crippen MR) is 75.6 cm³/mol. The summed E-state index contributed by atoms with van der Waals surface area (Å²) in [4.78, 5) is 6.51. The maximum Gasteiger partial charge on any atom is 0.260 e. The van der Waals surface area contributed by atoms with E-state index < -0.39 is 10.0 Å². The summed E-state index contributed by atoms with van der Waals surface area (Å²) < 4.78 is 26.8. The van der Waals surface area contributed by atoms with E-state index in [9.17, 15) is 8.42 Å². The molecule has 1 saturated heterocycles. The van der Waals surface area contributed by atoms with E-state index in [1.807, 2.05) is 25.1 Å². The average molecular weight is 291 g/mol. The zero-order chi connectivity index (χ0) is 14.2. The normalized spacial score (nSPS) is 20.4. The molecule has 0 radical (unpaired) electrons. The molecule has 20 heavy (non-hydrogen) atoms. The Morgan fingerprint density at radius 2 is 2.25 bits per heavy atom. The van der Waals surface area contributed by atoms with Gasteiger partial charge in [-0.1, -0.05) is 29.8 Å². The fraction of sp³-hybridized carbons (Fsp3) is 0.357. The molecule has 1 atom stereocenters. The third kappa shape index (κ3) is 2.25. The van der Waals surface area contributed by atoms with E-state index in [1.54, 1.807) is 4.31 Å². The number of hydrogen-bond donors (Lipinski definition) is 1. The highest BCUT2D eigenvalue weighted by Gasteiger charge is 2.36. The van der Waals surface area contributed by atoms with Gasteiger partial charge in [-0.15, -0.1) is 0 Å². The molecule has 106 valence electrons. The molecule has 0 aliphatic carbocycles. The molecule has 1 aromatic heterocycles. The van der Waals surface area contributed by atoms with Crippen molar-refractivity contribution in [1.82, 2.24) is 14.3 Å². The van der Waals surface area contributed by atoms with Crippen LogP contribution in [0, 0.1) is 6.92 Å². The molecule has 0 unspecified atom stereocenters. The summed E-state index contributed by atoms with van der Waals surface area (Å²) >= 11 is 0. The molecule has 2 heterocycles. The average Bonchev–Trinajstić information content (AvgIpc) is 3.11. The highest BCUT2D eigenvalue weighted by Crippen LogP contribution is 2.36. The van der Waals surface area contributed by atoms with Crippen LogP contribution in [0.1, 0.15) is 30.0 Å². The van der Waals surface area contributed by atoms with Crippen LogP contribution in [0.3, 0.4) is 0 Å². The first-order chi connectivity index (χ1) is 9.59. The van der Waals surface area contributed by atoms with E-state index in [-0.39, 0.29) is 11.1 Å². The van der Waals surface area contributed by atoms with Crippen LogP contribution in [0.25, 0.3) is 0 Å². The quantitative estimate of drug-likeness (QED) is 0.943.